The molecule has 0 unspecified atom stereocenters. The van der Waals surface area contributed by atoms with Crippen molar-refractivity contribution in [3.8, 4) is 5.75 Å². The van der Waals surface area contributed by atoms with Gasteiger partial charge >= 0.3 is 0 Å². The van der Waals surface area contributed by atoms with Crippen molar-refractivity contribution in [3.05, 3.63) is 51.1 Å². The molecule has 0 fully saturated rings. The Hall–Kier alpha value is -1.45. The van der Waals surface area contributed by atoms with Crippen molar-refractivity contribution in [2.75, 3.05) is 12.4 Å². The van der Waals surface area contributed by atoms with Crippen molar-refractivity contribution in [2.45, 2.75) is 20.5 Å². The molecule has 1 heterocycles. The normalized spacial score (nSPS) is 10.4. The van der Waals surface area contributed by atoms with Crippen LogP contribution in [0.5, 0.6) is 5.75 Å². The highest BCUT2D eigenvalue weighted by atomic mass is 35.5. The van der Waals surface area contributed by atoms with E-state index in [0.29, 0.717) is 22.3 Å². The lowest BCUT2D eigenvalue weighted by Gasteiger charge is -2.13. The van der Waals surface area contributed by atoms with E-state index >= 15 is 0 Å². The van der Waals surface area contributed by atoms with Crippen LogP contribution in [0.4, 0.5) is 5.82 Å². The molecule has 1 aromatic carbocycles. The third-order valence-corrected chi connectivity index (χ3v) is 3.52. The van der Waals surface area contributed by atoms with Crippen LogP contribution >= 0.6 is 23.2 Å². The maximum Gasteiger partial charge on any atom is 0.132 e. The fourth-order valence-electron chi connectivity index (χ4n) is 1.99. The van der Waals surface area contributed by atoms with Crippen LogP contribution in [0.1, 0.15) is 16.8 Å². The first-order valence-corrected chi connectivity index (χ1v) is 6.99. The quantitative estimate of drug-likeness (QED) is 0.894. The Balaban J connectivity index is 2.21. The third kappa shape index (κ3) is 3.35. The van der Waals surface area contributed by atoms with Crippen LogP contribution in [0, 0.1) is 13.8 Å². The Morgan fingerprint density at radius 2 is 1.80 bits per heavy atom. The molecule has 0 amide bonds. The highest BCUT2D eigenvalue weighted by Gasteiger charge is 2.09. The number of nitrogens with zero attached hydrogens (tertiary/aromatic N) is 1. The zero-order chi connectivity index (χ0) is 14.7. The molecule has 0 bridgehead atoms. The van der Waals surface area contributed by atoms with Crippen molar-refractivity contribution in [1.82, 2.24) is 4.98 Å². The van der Waals surface area contributed by atoms with Crippen molar-refractivity contribution in [2.24, 2.45) is 0 Å². The van der Waals surface area contributed by atoms with Crippen molar-refractivity contribution in [3.63, 3.8) is 0 Å². The van der Waals surface area contributed by atoms with Gasteiger partial charge in [0.25, 0.3) is 0 Å². The molecule has 2 aromatic rings. The van der Waals surface area contributed by atoms with Crippen LogP contribution in [0.15, 0.2) is 24.3 Å². The summed E-state index contributed by atoms with van der Waals surface area (Å²) in [5.74, 6) is 1.58. The lowest BCUT2D eigenvalue weighted by molar-refractivity contribution is 0.297. The summed E-state index contributed by atoms with van der Waals surface area (Å²) in [7, 11) is 1.81. The number of aromatic nitrogens is 1. The number of hydrogen-bond donors (Lipinski definition) is 1. The van der Waals surface area contributed by atoms with E-state index in [0.717, 1.165) is 22.7 Å². The summed E-state index contributed by atoms with van der Waals surface area (Å²) in [6.07, 6.45) is 0. The topological polar surface area (TPSA) is 34.1 Å². The molecule has 1 aromatic heterocycles. The number of ether oxygens (including phenoxy) is 1. The Bertz CT molecular complexity index is 606. The minimum absolute atomic E-state index is 0.317. The van der Waals surface area contributed by atoms with E-state index in [9.17, 15) is 0 Å². The number of halogens is 2. The van der Waals surface area contributed by atoms with Gasteiger partial charge in [0.1, 0.15) is 18.2 Å². The van der Waals surface area contributed by atoms with Crippen LogP contribution in [-0.2, 0) is 6.61 Å². The van der Waals surface area contributed by atoms with Gasteiger partial charge in [0.2, 0.25) is 0 Å². The van der Waals surface area contributed by atoms with Gasteiger partial charge in [-0.25, -0.2) is 4.98 Å². The number of benzene rings is 1. The van der Waals surface area contributed by atoms with E-state index in [1.807, 2.05) is 39.1 Å². The van der Waals surface area contributed by atoms with E-state index in [4.69, 9.17) is 27.9 Å². The monoisotopic (exact) mass is 310 g/mol. The van der Waals surface area contributed by atoms with E-state index in [1.165, 1.54) is 0 Å². The zero-order valence-corrected chi connectivity index (χ0v) is 13.1. The highest BCUT2D eigenvalue weighted by molar-refractivity contribution is 6.31. The smallest absolute Gasteiger partial charge is 0.132 e. The van der Waals surface area contributed by atoms with Crippen LogP contribution in [-0.4, -0.2) is 12.0 Å². The SMILES string of the molecule is CNc1ccc(Cl)c(COc2c(C)cc(Cl)cc2C)n1. The Morgan fingerprint density at radius 3 is 2.40 bits per heavy atom. The van der Waals surface area contributed by atoms with Gasteiger partial charge in [0, 0.05) is 12.1 Å². The zero-order valence-electron chi connectivity index (χ0n) is 11.6. The predicted octanol–water partition coefficient (Wildman–Crippen LogP) is 4.63. The van der Waals surface area contributed by atoms with E-state index in [1.54, 1.807) is 6.07 Å². The second-order valence-electron chi connectivity index (χ2n) is 4.53. The van der Waals surface area contributed by atoms with Crippen molar-refractivity contribution >= 4 is 29.0 Å². The molecule has 3 nitrogen and oxygen atoms in total. The van der Waals surface area contributed by atoms with Crippen molar-refractivity contribution < 1.29 is 4.74 Å². The number of rotatable bonds is 4. The molecule has 0 radical (unpaired) electrons. The summed E-state index contributed by atoms with van der Waals surface area (Å²) in [5.41, 5.74) is 2.69. The number of anilines is 1. The average Bonchev–Trinajstić information content (AvgIpc) is 2.39. The molecular weight excluding hydrogens is 295 g/mol. The number of aryl methyl sites for hydroxylation is 2. The second kappa shape index (κ2) is 6.33. The van der Waals surface area contributed by atoms with Crippen LogP contribution in [0.25, 0.3) is 0 Å². The third-order valence-electron chi connectivity index (χ3n) is 2.95. The lowest BCUT2D eigenvalue weighted by Crippen LogP contribution is -2.03. The highest BCUT2D eigenvalue weighted by Crippen LogP contribution is 2.28. The van der Waals surface area contributed by atoms with Gasteiger partial charge in [-0.1, -0.05) is 23.2 Å². The van der Waals surface area contributed by atoms with Crippen LogP contribution < -0.4 is 10.1 Å². The van der Waals surface area contributed by atoms with E-state index in [-0.39, 0.29) is 0 Å². The van der Waals surface area contributed by atoms with E-state index < -0.39 is 0 Å². The van der Waals surface area contributed by atoms with Gasteiger partial charge in [-0.15, -0.1) is 0 Å². The van der Waals surface area contributed by atoms with Crippen molar-refractivity contribution in [1.29, 1.82) is 0 Å². The van der Waals surface area contributed by atoms with Gasteiger partial charge in [-0.05, 0) is 49.2 Å². The minimum Gasteiger partial charge on any atom is -0.487 e. The molecule has 0 spiro atoms. The molecule has 5 heteroatoms. The van der Waals surface area contributed by atoms with Gasteiger partial charge in [0.05, 0.1) is 10.7 Å². The largest absolute Gasteiger partial charge is 0.487 e. The molecule has 0 saturated heterocycles. The Labute approximate surface area is 128 Å². The maximum absolute atomic E-state index is 6.13. The van der Waals surface area contributed by atoms with Gasteiger partial charge in [0.15, 0.2) is 0 Å². The molecule has 0 aliphatic rings. The molecule has 0 aliphatic heterocycles. The number of hydrogen-bond acceptors (Lipinski definition) is 3. The molecule has 0 saturated carbocycles. The summed E-state index contributed by atoms with van der Waals surface area (Å²) in [5, 5.41) is 4.28. The molecule has 0 atom stereocenters. The summed E-state index contributed by atoms with van der Waals surface area (Å²) in [6, 6.07) is 7.39. The second-order valence-corrected chi connectivity index (χ2v) is 5.38. The Kier molecular flexibility index (Phi) is 4.73. The summed E-state index contributed by atoms with van der Waals surface area (Å²) in [6.45, 7) is 4.25. The molecule has 2 rings (SSSR count). The summed E-state index contributed by atoms with van der Waals surface area (Å²) >= 11 is 12.1. The molecular formula is C15H16Cl2N2O. The van der Waals surface area contributed by atoms with E-state index in [2.05, 4.69) is 10.3 Å². The summed E-state index contributed by atoms with van der Waals surface area (Å²) in [4.78, 5) is 4.39. The average molecular weight is 311 g/mol. The first-order chi connectivity index (χ1) is 9.51. The van der Waals surface area contributed by atoms with Crippen LogP contribution in [0.3, 0.4) is 0 Å². The van der Waals surface area contributed by atoms with Gasteiger partial charge in [-0.2, -0.15) is 0 Å². The number of pyridine rings is 1. The molecule has 106 valence electrons. The number of nitrogens with one attached hydrogen (secondary N) is 1. The van der Waals surface area contributed by atoms with Gasteiger partial charge in [-0.3, -0.25) is 0 Å². The maximum atomic E-state index is 6.13. The minimum atomic E-state index is 0.317. The lowest BCUT2D eigenvalue weighted by atomic mass is 10.1. The standard InChI is InChI=1S/C15H16Cl2N2O/c1-9-6-11(16)7-10(2)15(9)20-8-13-12(17)4-5-14(18-3)19-13/h4-7H,8H2,1-3H3,(H,18,19). The summed E-state index contributed by atoms with van der Waals surface area (Å²) < 4.78 is 5.86. The van der Waals surface area contributed by atoms with Gasteiger partial charge < -0.3 is 10.1 Å². The Morgan fingerprint density at radius 1 is 1.15 bits per heavy atom. The first-order valence-electron chi connectivity index (χ1n) is 6.24. The predicted molar refractivity (Wildman–Crippen MR) is 84.1 cm³/mol. The van der Waals surface area contributed by atoms with Crippen LogP contribution in [0.2, 0.25) is 10.0 Å². The molecule has 1 N–H and O–H groups in total. The molecule has 0 aliphatic carbocycles. The fraction of sp³-hybridized carbons (Fsp3) is 0.267. The molecule has 20 heavy (non-hydrogen) atoms. The first kappa shape index (κ1) is 14.9. The fourth-order valence-corrected chi connectivity index (χ4v) is 2.48.